The van der Waals surface area contributed by atoms with Gasteiger partial charge in [0.05, 0.1) is 5.66 Å². The lowest BCUT2D eigenvalue weighted by molar-refractivity contribution is 0.410. The van der Waals surface area contributed by atoms with E-state index in [-0.39, 0.29) is 0 Å². The van der Waals surface area contributed by atoms with Crippen LogP contribution in [0.2, 0.25) is 0 Å². The van der Waals surface area contributed by atoms with Crippen LogP contribution in [0.3, 0.4) is 0 Å². The molecule has 1 aliphatic carbocycles. The lowest BCUT2D eigenvalue weighted by atomic mass is 10.0. The zero-order valence-corrected chi connectivity index (χ0v) is 5.64. The second-order valence-electron chi connectivity index (χ2n) is 2.80. The third kappa shape index (κ3) is 2.16. The van der Waals surface area contributed by atoms with Crippen molar-refractivity contribution in [3.63, 3.8) is 0 Å². The van der Waals surface area contributed by atoms with Crippen molar-refractivity contribution in [3.05, 3.63) is 12.2 Å². The number of rotatable bonds is 0. The normalized spacial score (nSPS) is 25.6. The van der Waals surface area contributed by atoms with Crippen molar-refractivity contribution in [1.29, 1.82) is 0 Å². The molecule has 0 spiro atoms. The van der Waals surface area contributed by atoms with E-state index in [2.05, 4.69) is 12.2 Å². The Bertz CT molecular complexity index is 116. The topological polar surface area (TPSA) is 52.0 Å². The van der Waals surface area contributed by atoms with Gasteiger partial charge < -0.3 is 11.5 Å². The van der Waals surface area contributed by atoms with E-state index in [0.717, 1.165) is 25.7 Å². The molecule has 4 N–H and O–H groups in total. The van der Waals surface area contributed by atoms with Crippen LogP contribution in [0.5, 0.6) is 0 Å². The van der Waals surface area contributed by atoms with Gasteiger partial charge in [-0.2, -0.15) is 0 Å². The first-order valence-electron chi connectivity index (χ1n) is 3.43. The maximum atomic E-state index is 5.70. The molecule has 52 valence electrons. The Hall–Kier alpha value is -0.340. The van der Waals surface area contributed by atoms with Crippen LogP contribution >= 0.6 is 0 Å². The minimum atomic E-state index is -0.424. The predicted molar refractivity (Wildman–Crippen MR) is 38.7 cm³/mol. The van der Waals surface area contributed by atoms with E-state index in [1.165, 1.54) is 0 Å². The Morgan fingerprint density at radius 3 is 2.78 bits per heavy atom. The molecule has 0 aromatic heterocycles. The molecule has 0 heterocycles. The smallest absolute Gasteiger partial charge is 0.0672 e. The summed E-state index contributed by atoms with van der Waals surface area (Å²) in [4.78, 5) is 0. The van der Waals surface area contributed by atoms with Crippen LogP contribution in [0.4, 0.5) is 0 Å². The molecular formula is C7H14N2. The highest BCUT2D eigenvalue weighted by Gasteiger charge is 2.17. The SMILES string of the molecule is NC1(N)CC=CCCC1. The first kappa shape index (κ1) is 6.78. The molecule has 1 aliphatic rings. The lowest BCUT2D eigenvalue weighted by Crippen LogP contribution is -2.48. The third-order valence-corrected chi connectivity index (χ3v) is 1.68. The first-order valence-corrected chi connectivity index (χ1v) is 3.43. The highest BCUT2D eigenvalue weighted by atomic mass is 14.9. The summed E-state index contributed by atoms with van der Waals surface area (Å²) in [5.41, 5.74) is 11.0. The van der Waals surface area contributed by atoms with Gasteiger partial charge in [-0.25, -0.2) is 0 Å². The van der Waals surface area contributed by atoms with Gasteiger partial charge in [0.25, 0.3) is 0 Å². The summed E-state index contributed by atoms with van der Waals surface area (Å²) in [6, 6.07) is 0. The predicted octanol–water partition coefficient (Wildman–Crippen LogP) is 0.730. The van der Waals surface area contributed by atoms with Gasteiger partial charge in [-0.3, -0.25) is 0 Å². The molecule has 0 fully saturated rings. The van der Waals surface area contributed by atoms with Gasteiger partial charge in [-0.1, -0.05) is 12.2 Å². The fourth-order valence-corrected chi connectivity index (χ4v) is 1.07. The number of hydrogen-bond donors (Lipinski definition) is 2. The van der Waals surface area contributed by atoms with E-state index in [9.17, 15) is 0 Å². The van der Waals surface area contributed by atoms with Gasteiger partial charge in [0, 0.05) is 0 Å². The molecule has 1 rings (SSSR count). The molecule has 0 aromatic carbocycles. The van der Waals surface area contributed by atoms with Gasteiger partial charge in [0.15, 0.2) is 0 Å². The molecular weight excluding hydrogens is 112 g/mol. The minimum Gasteiger partial charge on any atom is -0.313 e. The fourth-order valence-electron chi connectivity index (χ4n) is 1.07. The summed E-state index contributed by atoms with van der Waals surface area (Å²) in [7, 11) is 0. The largest absolute Gasteiger partial charge is 0.313 e. The minimum absolute atomic E-state index is 0.424. The van der Waals surface area contributed by atoms with Crippen LogP contribution in [0.15, 0.2) is 12.2 Å². The molecule has 0 radical (unpaired) electrons. The Morgan fingerprint density at radius 2 is 2.00 bits per heavy atom. The molecule has 0 saturated heterocycles. The summed E-state index contributed by atoms with van der Waals surface area (Å²) >= 11 is 0. The molecule has 2 heteroatoms. The van der Waals surface area contributed by atoms with Crippen LogP contribution < -0.4 is 11.5 Å². The summed E-state index contributed by atoms with van der Waals surface area (Å²) < 4.78 is 0. The average molecular weight is 126 g/mol. The second kappa shape index (κ2) is 2.50. The monoisotopic (exact) mass is 126 g/mol. The average Bonchev–Trinajstić information content (AvgIpc) is 1.92. The van der Waals surface area contributed by atoms with Crippen molar-refractivity contribution in [1.82, 2.24) is 0 Å². The highest BCUT2D eigenvalue weighted by Crippen LogP contribution is 2.14. The molecule has 0 amide bonds. The van der Waals surface area contributed by atoms with Gasteiger partial charge in [-0.15, -0.1) is 0 Å². The molecule has 0 bridgehead atoms. The first-order chi connectivity index (χ1) is 4.21. The zero-order chi connectivity index (χ0) is 6.74. The second-order valence-corrected chi connectivity index (χ2v) is 2.80. The van der Waals surface area contributed by atoms with E-state index in [1.807, 2.05) is 0 Å². The molecule has 0 unspecified atom stereocenters. The van der Waals surface area contributed by atoms with E-state index in [1.54, 1.807) is 0 Å². The highest BCUT2D eigenvalue weighted by molar-refractivity contribution is 4.94. The van der Waals surface area contributed by atoms with Gasteiger partial charge >= 0.3 is 0 Å². The van der Waals surface area contributed by atoms with Crippen molar-refractivity contribution in [2.75, 3.05) is 0 Å². The number of nitrogens with two attached hydrogens (primary N) is 2. The van der Waals surface area contributed by atoms with Crippen LogP contribution in [0, 0.1) is 0 Å². The zero-order valence-electron chi connectivity index (χ0n) is 5.64. The summed E-state index contributed by atoms with van der Waals surface area (Å²) in [5, 5.41) is 0. The van der Waals surface area contributed by atoms with E-state index in [4.69, 9.17) is 11.5 Å². The standard InChI is InChI=1S/C7H14N2/c8-7(9)5-3-1-2-4-6-7/h1,3H,2,4-6,8-9H2. The lowest BCUT2D eigenvalue weighted by Gasteiger charge is -2.20. The van der Waals surface area contributed by atoms with Crippen LogP contribution in [-0.4, -0.2) is 5.66 Å². The van der Waals surface area contributed by atoms with Crippen molar-refractivity contribution in [2.24, 2.45) is 11.5 Å². The Morgan fingerprint density at radius 1 is 1.22 bits per heavy atom. The van der Waals surface area contributed by atoms with Crippen molar-refractivity contribution < 1.29 is 0 Å². The number of hydrogen-bond acceptors (Lipinski definition) is 2. The number of allylic oxidation sites excluding steroid dienone is 1. The van der Waals surface area contributed by atoms with Gasteiger partial charge in [0.2, 0.25) is 0 Å². The van der Waals surface area contributed by atoms with E-state index >= 15 is 0 Å². The Kier molecular flexibility index (Phi) is 1.88. The van der Waals surface area contributed by atoms with Crippen LogP contribution in [0.1, 0.15) is 25.7 Å². The fraction of sp³-hybridized carbons (Fsp3) is 0.714. The van der Waals surface area contributed by atoms with Gasteiger partial charge in [-0.05, 0) is 25.7 Å². The van der Waals surface area contributed by atoms with Crippen molar-refractivity contribution in [2.45, 2.75) is 31.3 Å². The Balaban J connectivity index is 2.48. The van der Waals surface area contributed by atoms with Crippen molar-refractivity contribution >= 4 is 0 Å². The summed E-state index contributed by atoms with van der Waals surface area (Å²) in [5.74, 6) is 0. The molecule has 0 aliphatic heterocycles. The van der Waals surface area contributed by atoms with E-state index < -0.39 is 5.66 Å². The maximum absolute atomic E-state index is 5.70. The Labute approximate surface area is 55.9 Å². The molecule has 0 saturated carbocycles. The molecule has 9 heavy (non-hydrogen) atoms. The molecule has 0 atom stereocenters. The van der Waals surface area contributed by atoms with Crippen LogP contribution in [-0.2, 0) is 0 Å². The summed E-state index contributed by atoms with van der Waals surface area (Å²) in [6.45, 7) is 0. The molecule has 0 aromatic rings. The maximum Gasteiger partial charge on any atom is 0.0672 e. The van der Waals surface area contributed by atoms with Crippen LogP contribution in [0.25, 0.3) is 0 Å². The summed E-state index contributed by atoms with van der Waals surface area (Å²) in [6.07, 6.45) is 8.26. The van der Waals surface area contributed by atoms with Crippen molar-refractivity contribution in [3.8, 4) is 0 Å². The molecule has 2 nitrogen and oxygen atoms in total. The van der Waals surface area contributed by atoms with Gasteiger partial charge in [0.1, 0.15) is 0 Å². The third-order valence-electron chi connectivity index (χ3n) is 1.68. The quantitative estimate of drug-likeness (QED) is 0.371. The van der Waals surface area contributed by atoms with E-state index in [0.29, 0.717) is 0 Å².